The Bertz CT molecular complexity index is 648. The molecule has 0 spiro atoms. The maximum atomic E-state index is 9.67. The summed E-state index contributed by atoms with van der Waals surface area (Å²) in [6.45, 7) is 1.83. The van der Waals surface area contributed by atoms with Crippen LogP contribution in [0.3, 0.4) is 0 Å². The second kappa shape index (κ2) is 5.94. The van der Waals surface area contributed by atoms with Crippen LogP contribution in [0.1, 0.15) is 48.3 Å². The van der Waals surface area contributed by atoms with E-state index in [1.807, 2.05) is 0 Å². The first kappa shape index (κ1) is 14.8. The van der Waals surface area contributed by atoms with Gasteiger partial charge in [-0.05, 0) is 51.3 Å². The van der Waals surface area contributed by atoms with Crippen LogP contribution in [0.15, 0.2) is 6.20 Å². The van der Waals surface area contributed by atoms with E-state index in [9.17, 15) is 10.5 Å². The van der Waals surface area contributed by atoms with Crippen molar-refractivity contribution in [2.75, 3.05) is 32.1 Å². The predicted molar refractivity (Wildman–Crippen MR) is 84.6 cm³/mol. The number of nitrogens with zero attached hydrogens (tertiary/aromatic N) is 5. The molecule has 0 N–H and O–H groups in total. The summed E-state index contributed by atoms with van der Waals surface area (Å²) in [5.41, 5.74) is 2.13. The van der Waals surface area contributed by atoms with Gasteiger partial charge in [-0.3, -0.25) is 0 Å². The number of hydrogen-bond donors (Lipinski definition) is 0. The fraction of sp³-hybridized carbons (Fsp3) is 0.588. The molecule has 0 aromatic carbocycles. The van der Waals surface area contributed by atoms with Crippen LogP contribution < -0.4 is 4.90 Å². The normalized spacial score (nSPS) is 21.5. The molecule has 2 fully saturated rings. The number of nitriles is 2. The Balaban J connectivity index is 1.99. The van der Waals surface area contributed by atoms with E-state index in [1.54, 1.807) is 6.20 Å². The number of likely N-dealkylation sites (N-methyl/N-ethyl adjacent to an activating group) is 1. The lowest BCUT2D eigenvalue weighted by Gasteiger charge is -2.37. The molecule has 1 unspecified atom stereocenters. The van der Waals surface area contributed by atoms with Crippen LogP contribution in [0, 0.1) is 22.7 Å². The minimum atomic E-state index is 0.375. The van der Waals surface area contributed by atoms with Gasteiger partial charge in [-0.1, -0.05) is 0 Å². The zero-order valence-corrected chi connectivity index (χ0v) is 13.2. The lowest BCUT2D eigenvalue weighted by atomic mass is 9.98. The third-order valence-electron chi connectivity index (χ3n) is 4.74. The van der Waals surface area contributed by atoms with E-state index in [0.29, 0.717) is 23.1 Å². The van der Waals surface area contributed by atoms with E-state index in [2.05, 4.69) is 41.0 Å². The molecule has 5 heteroatoms. The van der Waals surface area contributed by atoms with Crippen LogP contribution in [0.2, 0.25) is 0 Å². The van der Waals surface area contributed by atoms with Crippen LogP contribution in [0.4, 0.5) is 5.82 Å². The van der Waals surface area contributed by atoms with E-state index in [1.165, 1.54) is 6.42 Å². The number of aromatic nitrogens is 1. The van der Waals surface area contributed by atoms with E-state index in [4.69, 9.17) is 0 Å². The summed E-state index contributed by atoms with van der Waals surface area (Å²) >= 11 is 0. The van der Waals surface area contributed by atoms with Gasteiger partial charge in [-0.2, -0.15) is 10.5 Å². The lowest BCUT2D eigenvalue weighted by Crippen LogP contribution is -2.45. The summed E-state index contributed by atoms with van der Waals surface area (Å²) in [7, 11) is 4.20. The fourth-order valence-corrected chi connectivity index (χ4v) is 3.32. The molecule has 1 aliphatic heterocycles. The van der Waals surface area contributed by atoms with Gasteiger partial charge in [0.1, 0.15) is 18.0 Å². The molecule has 2 heterocycles. The number of piperidine rings is 1. The summed E-state index contributed by atoms with van der Waals surface area (Å²) < 4.78 is 0. The minimum Gasteiger partial charge on any atom is -0.354 e. The quantitative estimate of drug-likeness (QED) is 0.855. The Kier molecular flexibility index (Phi) is 4.00. The Morgan fingerprint density at radius 3 is 2.59 bits per heavy atom. The monoisotopic (exact) mass is 295 g/mol. The topological polar surface area (TPSA) is 66.9 Å². The predicted octanol–water partition coefficient (Wildman–Crippen LogP) is 2.23. The number of anilines is 1. The highest BCUT2D eigenvalue weighted by Crippen LogP contribution is 2.44. The molecule has 0 bridgehead atoms. The first-order chi connectivity index (χ1) is 10.7. The van der Waals surface area contributed by atoms with Gasteiger partial charge >= 0.3 is 0 Å². The van der Waals surface area contributed by atoms with E-state index < -0.39 is 0 Å². The molecule has 1 saturated carbocycles. The van der Waals surface area contributed by atoms with Crippen molar-refractivity contribution in [2.24, 2.45) is 0 Å². The van der Waals surface area contributed by atoms with Crippen molar-refractivity contribution in [3.63, 3.8) is 0 Å². The maximum absolute atomic E-state index is 9.67. The van der Waals surface area contributed by atoms with Crippen LogP contribution in [-0.4, -0.2) is 43.1 Å². The van der Waals surface area contributed by atoms with Crippen molar-refractivity contribution in [3.05, 3.63) is 22.9 Å². The number of rotatable bonds is 3. The summed E-state index contributed by atoms with van der Waals surface area (Å²) in [6.07, 6.45) is 6.09. The van der Waals surface area contributed by atoms with E-state index in [-0.39, 0.29) is 0 Å². The number of pyridine rings is 1. The smallest absolute Gasteiger partial charge is 0.146 e. The third-order valence-corrected chi connectivity index (χ3v) is 4.74. The van der Waals surface area contributed by atoms with Crippen molar-refractivity contribution in [1.29, 1.82) is 10.5 Å². The first-order valence-corrected chi connectivity index (χ1v) is 7.90. The molecular formula is C17H21N5. The second-order valence-corrected chi connectivity index (χ2v) is 6.49. The molecule has 0 radical (unpaired) electrons. The second-order valence-electron chi connectivity index (χ2n) is 6.49. The molecule has 1 atom stereocenters. The van der Waals surface area contributed by atoms with Crippen LogP contribution >= 0.6 is 0 Å². The van der Waals surface area contributed by atoms with Gasteiger partial charge in [0.25, 0.3) is 0 Å². The maximum Gasteiger partial charge on any atom is 0.146 e. The van der Waals surface area contributed by atoms with E-state index >= 15 is 0 Å². The Morgan fingerprint density at radius 1 is 1.23 bits per heavy atom. The average molecular weight is 295 g/mol. The summed E-state index contributed by atoms with van der Waals surface area (Å²) in [5, 5.41) is 19.0. The van der Waals surface area contributed by atoms with Gasteiger partial charge in [0, 0.05) is 25.3 Å². The van der Waals surface area contributed by atoms with Crippen LogP contribution in [-0.2, 0) is 0 Å². The van der Waals surface area contributed by atoms with Gasteiger partial charge in [-0.15, -0.1) is 0 Å². The van der Waals surface area contributed by atoms with Gasteiger partial charge in [0.2, 0.25) is 0 Å². The molecule has 1 aromatic heterocycles. The van der Waals surface area contributed by atoms with Gasteiger partial charge in [0.05, 0.1) is 11.1 Å². The summed E-state index contributed by atoms with van der Waals surface area (Å²) in [4.78, 5) is 8.93. The molecule has 1 aromatic rings. The summed E-state index contributed by atoms with van der Waals surface area (Å²) in [5.74, 6) is 1.15. The highest BCUT2D eigenvalue weighted by molar-refractivity contribution is 5.63. The zero-order valence-electron chi connectivity index (χ0n) is 13.2. The molecule has 5 nitrogen and oxygen atoms in total. The first-order valence-electron chi connectivity index (χ1n) is 7.90. The molecule has 1 saturated heterocycles. The van der Waals surface area contributed by atoms with E-state index in [0.717, 1.165) is 43.7 Å². The Labute approximate surface area is 131 Å². The van der Waals surface area contributed by atoms with Gasteiger partial charge in [-0.25, -0.2) is 4.98 Å². The van der Waals surface area contributed by atoms with Gasteiger partial charge in [0.15, 0.2) is 0 Å². The Morgan fingerprint density at radius 2 is 2.00 bits per heavy atom. The van der Waals surface area contributed by atoms with Crippen molar-refractivity contribution in [1.82, 2.24) is 9.88 Å². The highest BCUT2D eigenvalue weighted by atomic mass is 15.2. The standard InChI is InChI=1S/C17H21N5/c1-21(2)14-4-3-7-22(11-14)17-15(9-19)16(12-5-6-12)13(8-18)10-20-17/h10,12,14H,3-7,11H2,1-2H3. The molecule has 0 amide bonds. The van der Waals surface area contributed by atoms with Crippen molar-refractivity contribution < 1.29 is 0 Å². The SMILES string of the molecule is CN(C)C1CCCN(c2ncc(C#N)c(C3CC3)c2C#N)C1. The third kappa shape index (κ3) is 2.65. The summed E-state index contributed by atoms with van der Waals surface area (Å²) in [6, 6.07) is 5.03. The zero-order chi connectivity index (χ0) is 15.7. The molecule has 2 aliphatic rings. The molecule has 22 heavy (non-hydrogen) atoms. The van der Waals surface area contributed by atoms with Crippen molar-refractivity contribution >= 4 is 5.82 Å². The Hall–Kier alpha value is -2.11. The van der Waals surface area contributed by atoms with Crippen molar-refractivity contribution in [2.45, 2.75) is 37.6 Å². The molecule has 114 valence electrons. The van der Waals surface area contributed by atoms with Crippen LogP contribution in [0.25, 0.3) is 0 Å². The fourth-order valence-electron chi connectivity index (χ4n) is 3.32. The lowest BCUT2D eigenvalue weighted by molar-refractivity contribution is 0.257. The largest absolute Gasteiger partial charge is 0.354 e. The van der Waals surface area contributed by atoms with Crippen molar-refractivity contribution in [3.8, 4) is 12.1 Å². The minimum absolute atomic E-state index is 0.375. The molecular weight excluding hydrogens is 274 g/mol. The highest BCUT2D eigenvalue weighted by Gasteiger charge is 2.33. The molecule has 3 rings (SSSR count). The van der Waals surface area contributed by atoms with Crippen LogP contribution in [0.5, 0.6) is 0 Å². The molecule has 1 aliphatic carbocycles. The number of hydrogen-bond acceptors (Lipinski definition) is 5. The van der Waals surface area contributed by atoms with Gasteiger partial charge < -0.3 is 9.80 Å². The average Bonchev–Trinajstić information content (AvgIpc) is 3.38.